The molecule has 0 saturated heterocycles. The quantitative estimate of drug-likeness (QED) is 0.136. The van der Waals surface area contributed by atoms with Crippen molar-refractivity contribution in [3.63, 3.8) is 0 Å². The lowest BCUT2D eigenvalue weighted by Crippen LogP contribution is -2.34. The summed E-state index contributed by atoms with van der Waals surface area (Å²) in [6.45, 7) is 14.2. The predicted octanol–water partition coefficient (Wildman–Crippen LogP) is 9.04. The van der Waals surface area contributed by atoms with Crippen molar-refractivity contribution in [2.45, 2.75) is 151 Å². The van der Waals surface area contributed by atoms with Crippen LogP contribution in [0, 0.1) is 17.3 Å². The Morgan fingerprint density at radius 1 is 0.618 bits per heavy atom. The number of unbranched alkanes of at least 4 members (excludes halogenated alkanes) is 4. The standard InChI is InChI=1S/C30H58O4/c1-7-13-18-26(11-5)24-33-28(31)20-17-23-30(21-15-9-3,22-16-10-4)29(32)34-25-27(12-6)19-14-8-2/h26-27H,7-25H2,1-6H3. The van der Waals surface area contributed by atoms with Crippen LogP contribution in [0.25, 0.3) is 0 Å². The summed E-state index contributed by atoms with van der Waals surface area (Å²) in [5.74, 6) is 0.775. The Kier molecular flexibility index (Phi) is 20.6. The van der Waals surface area contributed by atoms with Crippen LogP contribution in [-0.4, -0.2) is 25.2 Å². The average Bonchev–Trinajstić information content (AvgIpc) is 2.85. The number of esters is 2. The molecule has 0 amide bonds. The van der Waals surface area contributed by atoms with Gasteiger partial charge in [0.05, 0.1) is 18.6 Å². The number of rotatable bonds is 23. The zero-order valence-electron chi connectivity index (χ0n) is 23.7. The van der Waals surface area contributed by atoms with Crippen molar-refractivity contribution < 1.29 is 19.1 Å². The maximum Gasteiger partial charge on any atom is 0.312 e. The molecule has 0 aromatic heterocycles. The molecule has 0 aliphatic heterocycles. The van der Waals surface area contributed by atoms with Gasteiger partial charge in [-0.3, -0.25) is 9.59 Å². The zero-order valence-corrected chi connectivity index (χ0v) is 23.7. The molecular formula is C30H58O4. The third-order valence-corrected chi connectivity index (χ3v) is 7.50. The van der Waals surface area contributed by atoms with Crippen molar-refractivity contribution in [3.8, 4) is 0 Å². The van der Waals surface area contributed by atoms with Gasteiger partial charge < -0.3 is 9.47 Å². The van der Waals surface area contributed by atoms with E-state index in [0.717, 1.165) is 70.6 Å². The van der Waals surface area contributed by atoms with E-state index < -0.39 is 5.41 Å². The van der Waals surface area contributed by atoms with Crippen LogP contribution in [0.1, 0.15) is 151 Å². The highest BCUT2D eigenvalue weighted by Gasteiger charge is 2.38. The Bertz CT molecular complexity index is 494. The van der Waals surface area contributed by atoms with Gasteiger partial charge in [0.15, 0.2) is 0 Å². The number of carbonyl (C=O) groups excluding carboxylic acids is 2. The number of ether oxygens (including phenoxy) is 2. The van der Waals surface area contributed by atoms with Crippen LogP contribution in [-0.2, 0) is 19.1 Å². The van der Waals surface area contributed by atoms with Gasteiger partial charge in [0.1, 0.15) is 0 Å². The Morgan fingerprint density at radius 2 is 1.06 bits per heavy atom. The summed E-state index contributed by atoms with van der Waals surface area (Å²) >= 11 is 0. The van der Waals surface area contributed by atoms with Crippen molar-refractivity contribution in [1.82, 2.24) is 0 Å². The van der Waals surface area contributed by atoms with Gasteiger partial charge in [-0.05, 0) is 50.4 Å². The maximum absolute atomic E-state index is 13.5. The zero-order chi connectivity index (χ0) is 25.7. The molecular weight excluding hydrogens is 424 g/mol. The fraction of sp³-hybridized carbons (Fsp3) is 0.933. The van der Waals surface area contributed by atoms with Gasteiger partial charge in [-0.25, -0.2) is 0 Å². The summed E-state index contributed by atoms with van der Waals surface area (Å²) < 4.78 is 11.6. The topological polar surface area (TPSA) is 52.6 Å². The van der Waals surface area contributed by atoms with E-state index in [-0.39, 0.29) is 11.9 Å². The van der Waals surface area contributed by atoms with E-state index in [1.165, 1.54) is 25.7 Å². The van der Waals surface area contributed by atoms with Gasteiger partial charge in [-0.15, -0.1) is 0 Å². The van der Waals surface area contributed by atoms with E-state index >= 15 is 0 Å². The maximum atomic E-state index is 13.5. The van der Waals surface area contributed by atoms with Crippen LogP contribution in [0.3, 0.4) is 0 Å². The smallest absolute Gasteiger partial charge is 0.312 e. The van der Waals surface area contributed by atoms with Gasteiger partial charge in [-0.2, -0.15) is 0 Å². The molecule has 0 radical (unpaired) electrons. The van der Waals surface area contributed by atoms with E-state index in [4.69, 9.17) is 9.47 Å². The van der Waals surface area contributed by atoms with Crippen molar-refractivity contribution in [1.29, 1.82) is 0 Å². The van der Waals surface area contributed by atoms with Crippen LogP contribution in [0.2, 0.25) is 0 Å². The highest BCUT2D eigenvalue weighted by molar-refractivity contribution is 5.77. The number of carbonyl (C=O) groups is 2. The summed E-state index contributed by atoms with van der Waals surface area (Å²) in [5, 5.41) is 0. The molecule has 0 spiro atoms. The predicted molar refractivity (Wildman–Crippen MR) is 144 cm³/mol. The Hall–Kier alpha value is -1.06. The Balaban J connectivity index is 5.01. The van der Waals surface area contributed by atoms with Crippen molar-refractivity contribution in [3.05, 3.63) is 0 Å². The van der Waals surface area contributed by atoms with Gasteiger partial charge >= 0.3 is 11.9 Å². The number of hydrogen-bond donors (Lipinski definition) is 0. The summed E-state index contributed by atoms with van der Waals surface area (Å²) in [6, 6.07) is 0. The van der Waals surface area contributed by atoms with Crippen molar-refractivity contribution >= 4 is 11.9 Å². The molecule has 2 unspecified atom stereocenters. The van der Waals surface area contributed by atoms with E-state index in [2.05, 4.69) is 41.5 Å². The molecule has 2 atom stereocenters. The van der Waals surface area contributed by atoms with E-state index in [9.17, 15) is 9.59 Å². The minimum Gasteiger partial charge on any atom is -0.465 e. The second kappa shape index (κ2) is 21.2. The van der Waals surface area contributed by atoms with Crippen LogP contribution in [0.4, 0.5) is 0 Å². The Labute approximate surface area is 212 Å². The number of hydrogen-bond acceptors (Lipinski definition) is 4. The molecule has 0 aromatic carbocycles. The average molecular weight is 483 g/mol. The fourth-order valence-corrected chi connectivity index (χ4v) is 4.71. The van der Waals surface area contributed by atoms with Crippen LogP contribution in [0.15, 0.2) is 0 Å². The molecule has 0 heterocycles. The van der Waals surface area contributed by atoms with Gasteiger partial charge in [0.2, 0.25) is 0 Å². The summed E-state index contributed by atoms with van der Waals surface area (Å²) in [4.78, 5) is 25.9. The molecule has 0 N–H and O–H groups in total. The lowest BCUT2D eigenvalue weighted by Gasteiger charge is -2.32. The molecule has 0 bridgehead atoms. The largest absolute Gasteiger partial charge is 0.465 e. The van der Waals surface area contributed by atoms with Crippen LogP contribution in [0.5, 0.6) is 0 Å². The van der Waals surface area contributed by atoms with Crippen molar-refractivity contribution in [2.24, 2.45) is 17.3 Å². The van der Waals surface area contributed by atoms with Gasteiger partial charge in [0, 0.05) is 6.42 Å². The highest BCUT2D eigenvalue weighted by atomic mass is 16.5. The monoisotopic (exact) mass is 482 g/mol. The second-order valence-electron chi connectivity index (χ2n) is 10.5. The first-order valence-electron chi connectivity index (χ1n) is 14.8. The first-order chi connectivity index (χ1) is 16.4. The molecule has 0 saturated carbocycles. The lowest BCUT2D eigenvalue weighted by molar-refractivity contribution is -0.160. The van der Waals surface area contributed by atoms with Gasteiger partial charge in [-0.1, -0.05) is 106 Å². The SMILES string of the molecule is CCCCC(CC)COC(=O)CCCC(CCCC)(CCCC)C(=O)OCC(CC)CCCC. The molecule has 0 aliphatic carbocycles. The molecule has 0 rings (SSSR count). The normalized spacial score (nSPS) is 13.5. The molecule has 34 heavy (non-hydrogen) atoms. The fourth-order valence-electron chi connectivity index (χ4n) is 4.71. The van der Waals surface area contributed by atoms with Crippen molar-refractivity contribution in [2.75, 3.05) is 13.2 Å². The van der Waals surface area contributed by atoms with Gasteiger partial charge in [0.25, 0.3) is 0 Å². The molecule has 4 heteroatoms. The minimum absolute atomic E-state index is 0.0247. The van der Waals surface area contributed by atoms with E-state index in [0.29, 0.717) is 37.9 Å². The lowest BCUT2D eigenvalue weighted by atomic mass is 9.74. The first kappa shape index (κ1) is 32.9. The summed E-state index contributed by atoms with van der Waals surface area (Å²) in [7, 11) is 0. The molecule has 0 aliphatic rings. The third-order valence-electron chi connectivity index (χ3n) is 7.50. The highest BCUT2D eigenvalue weighted by Crippen LogP contribution is 2.38. The minimum atomic E-state index is -0.456. The van der Waals surface area contributed by atoms with Crippen LogP contribution < -0.4 is 0 Å². The molecule has 202 valence electrons. The molecule has 0 aromatic rings. The second-order valence-corrected chi connectivity index (χ2v) is 10.5. The summed E-state index contributed by atoms with van der Waals surface area (Å²) in [5.41, 5.74) is -0.456. The molecule has 0 fully saturated rings. The van der Waals surface area contributed by atoms with E-state index in [1.54, 1.807) is 0 Å². The third kappa shape index (κ3) is 14.4. The Morgan fingerprint density at radius 3 is 1.50 bits per heavy atom. The summed E-state index contributed by atoms with van der Waals surface area (Å²) in [6.07, 6.45) is 16.8. The first-order valence-corrected chi connectivity index (χ1v) is 14.8. The van der Waals surface area contributed by atoms with Crippen LogP contribution >= 0.6 is 0 Å². The molecule has 4 nitrogen and oxygen atoms in total. The van der Waals surface area contributed by atoms with E-state index in [1.807, 2.05) is 0 Å².